The average Bonchev–Trinajstić information content (AvgIpc) is 2.69. The van der Waals surface area contributed by atoms with E-state index >= 15 is 0 Å². The molecule has 0 spiro atoms. The van der Waals surface area contributed by atoms with Crippen LogP contribution in [0.25, 0.3) is 0 Å². The van der Waals surface area contributed by atoms with E-state index in [1.807, 2.05) is 6.07 Å². The molecular weight excluding hydrogens is 324 g/mol. The second kappa shape index (κ2) is 7.85. The van der Waals surface area contributed by atoms with Crippen LogP contribution in [0.15, 0.2) is 36.7 Å². The number of hydrogen-bond donors (Lipinski definition) is 1. The molecule has 1 aromatic carbocycles. The number of hydrogen-bond acceptors (Lipinski definition) is 4. The van der Waals surface area contributed by atoms with Gasteiger partial charge in [-0.2, -0.15) is 0 Å². The standard InChI is InChI=1S/C21H26N4O/c26-20(14-16-8-9-17-5-1-2-6-18(17)13-16)24-19-7-3-12-25(15-19)21-22-10-4-11-23-21/h4,8-11,13,19H,1-3,5-7,12,14-15H2,(H,24,26). The zero-order valence-corrected chi connectivity index (χ0v) is 15.2. The van der Waals surface area contributed by atoms with Crippen molar-refractivity contribution in [3.63, 3.8) is 0 Å². The minimum absolute atomic E-state index is 0.113. The molecule has 1 aromatic heterocycles. The fourth-order valence-electron chi connectivity index (χ4n) is 4.09. The maximum Gasteiger partial charge on any atom is 0.225 e. The van der Waals surface area contributed by atoms with Crippen molar-refractivity contribution in [2.45, 2.75) is 51.0 Å². The Bertz CT molecular complexity index is 762. The molecule has 1 saturated heterocycles. The highest BCUT2D eigenvalue weighted by Gasteiger charge is 2.23. The Balaban J connectivity index is 1.34. The van der Waals surface area contributed by atoms with Gasteiger partial charge in [-0.25, -0.2) is 9.97 Å². The minimum atomic E-state index is 0.113. The molecule has 5 nitrogen and oxygen atoms in total. The van der Waals surface area contributed by atoms with E-state index in [2.05, 4.69) is 38.4 Å². The Morgan fingerprint density at radius 3 is 2.77 bits per heavy atom. The van der Waals surface area contributed by atoms with Gasteiger partial charge in [0.05, 0.1) is 6.42 Å². The summed E-state index contributed by atoms with van der Waals surface area (Å²) in [6, 6.07) is 8.56. The third kappa shape index (κ3) is 4.03. The van der Waals surface area contributed by atoms with Crippen LogP contribution in [-0.4, -0.2) is 35.0 Å². The predicted molar refractivity (Wildman–Crippen MR) is 102 cm³/mol. The summed E-state index contributed by atoms with van der Waals surface area (Å²) < 4.78 is 0. The number of carbonyl (C=O) groups is 1. The minimum Gasteiger partial charge on any atom is -0.351 e. The van der Waals surface area contributed by atoms with Crippen LogP contribution in [0, 0.1) is 0 Å². The summed E-state index contributed by atoms with van der Waals surface area (Å²) in [4.78, 5) is 23.3. The van der Waals surface area contributed by atoms with Crippen LogP contribution in [-0.2, 0) is 24.1 Å². The van der Waals surface area contributed by atoms with Gasteiger partial charge in [-0.15, -0.1) is 0 Å². The van der Waals surface area contributed by atoms with Crippen molar-refractivity contribution in [2.24, 2.45) is 0 Å². The number of aromatic nitrogens is 2. The smallest absolute Gasteiger partial charge is 0.225 e. The van der Waals surface area contributed by atoms with Gasteiger partial charge in [-0.1, -0.05) is 18.2 Å². The van der Waals surface area contributed by atoms with Crippen molar-refractivity contribution in [3.05, 3.63) is 53.3 Å². The SMILES string of the molecule is O=C(Cc1ccc2c(c1)CCCC2)NC1CCCN(c2ncccn2)C1. The zero-order chi connectivity index (χ0) is 17.8. The molecule has 1 N–H and O–H groups in total. The molecule has 0 bridgehead atoms. The van der Waals surface area contributed by atoms with E-state index in [4.69, 9.17) is 0 Å². The van der Waals surface area contributed by atoms with Crippen LogP contribution in [0.5, 0.6) is 0 Å². The number of nitrogens with one attached hydrogen (secondary N) is 1. The highest BCUT2D eigenvalue weighted by molar-refractivity contribution is 5.79. The third-order valence-corrected chi connectivity index (χ3v) is 5.40. The monoisotopic (exact) mass is 350 g/mol. The van der Waals surface area contributed by atoms with Crippen LogP contribution in [0.1, 0.15) is 42.4 Å². The first-order valence-corrected chi connectivity index (χ1v) is 9.70. The Morgan fingerprint density at radius 1 is 1.12 bits per heavy atom. The van der Waals surface area contributed by atoms with E-state index in [1.165, 1.54) is 30.4 Å². The molecule has 4 rings (SSSR count). The number of aryl methyl sites for hydroxylation is 2. The molecule has 5 heteroatoms. The number of fused-ring (bicyclic) bond motifs is 1. The lowest BCUT2D eigenvalue weighted by molar-refractivity contribution is -0.121. The van der Waals surface area contributed by atoms with Crippen molar-refractivity contribution >= 4 is 11.9 Å². The molecule has 1 fully saturated rings. The molecule has 1 aliphatic heterocycles. The van der Waals surface area contributed by atoms with Gasteiger partial charge in [0, 0.05) is 31.5 Å². The molecule has 26 heavy (non-hydrogen) atoms. The van der Waals surface area contributed by atoms with Crippen LogP contribution < -0.4 is 10.2 Å². The maximum absolute atomic E-state index is 12.5. The highest BCUT2D eigenvalue weighted by Crippen LogP contribution is 2.22. The number of nitrogens with zero attached hydrogens (tertiary/aromatic N) is 3. The van der Waals surface area contributed by atoms with Gasteiger partial charge < -0.3 is 10.2 Å². The first-order valence-electron chi connectivity index (χ1n) is 9.70. The number of piperidine rings is 1. The maximum atomic E-state index is 12.5. The number of carbonyl (C=O) groups excluding carboxylic acids is 1. The Morgan fingerprint density at radius 2 is 1.92 bits per heavy atom. The van der Waals surface area contributed by atoms with E-state index in [1.54, 1.807) is 12.4 Å². The molecular formula is C21H26N4O. The summed E-state index contributed by atoms with van der Waals surface area (Å²) in [6.07, 6.45) is 10.9. The molecule has 1 aliphatic carbocycles. The van der Waals surface area contributed by atoms with Gasteiger partial charge in [-0.05, 0) is 61.3 Å². The predicted octanol–water partition coefficient (Wildman–Crippen LogP) is 2.68. The van der Waals surface area contributed by atoms with Crippen molar-refractivity contribution in [3.8, 4) is 0 Å². The molecule has 2 aromatic rings. The molecule has 2 aliphatic rings. The van der Waals surface area contributed by atoms with E-state index in [-0.39, 0.29) is 11.9 Å². The lowest BCUT2D eigenvalue weighted by Crippen LogP contribution is -2.48. The Hall–Kier alpha value is -2.43. The number of rotatable bonds is 4. The second-order valence-electron chi connectivity index (χ2n) is 7.39. The summed E-state index contributed by atoms with van der Waals surface area (Å²) in [5.74, 6) is 0.864. The number of amides is 1. The van der Waals surface area contributed by atoms with E-state index in [0.717, 1.165) is 43.9 Å². The van der Waals surface area contributed by atoms with Crippen LogP contribution >= 0.6 is 0 Å². The van der Waals surface area contributed by atoms with Crippen LogP contribution in [0.4, 0.5) is 5.95 Å². The van der Waals surface area contributed by atoms with Gasteiger partial charge in [0.15, 0.2) is 0 Å². The van der Waals surface area contributed by atoms with Gasteiger partial charge in [0.1, 0.15) is 0 Å². The number of benzene rings is 1. The second-order valence-corrected chi connectivity index (χ2v) is 7.39. The molecule has 1 unspecified atom stereocenters. The van der Waals surface area contributed by atoms with Crippen molar-refractivity contribution in [2.75, 3.05) is 18.0 Å². The first kappa shape index (κ1) is 17.0. The van der Waals surface area contributed by atoms with E-state index in [0.29, 0.717) is 6.42 Å². The normalized spacial score (nSPS) is 19.7. The van der Waals surface area contributed by atoms with Gasteiger partial charge in [-0.3, -0.25) is 4.79 Å². The molecule has 0 saturated carbocycles. The fourth-order valence-corrected chi connectivity index (χ4v) is 4.09. The zero-order valence-electron chi connectivity index (χ0n) is 15.2. The summed E-state index contributed by atoms with van der Waals surface area (Å²) in [5.41, 5.74) is 4.03. The largest absolute Gasteiger partial charge is 0.351 e. The molecule has 0 radical (unpaired) electrons. The lowest BCUT2D eigenvalue weighted by Gasteiger charge is -2.33. The molecule has 136 valence electrons. The lowest BCUT2D eigenvalue weighted by atomic mass is 9.90. The first-order chi connectivity index (χ1) is 12.8. The van der Waals surface area contributed by atoms with Crippen molar-refractivity contribution in [1.29, 1.82) is 0 Å². The van der Waals surface area contributed by atoms with Crippen molar-refractivity contribution in [1.82, 2.24) is 15.3 Å². The Kier molecular flexibility index (Phi) is 5.14. The highest BCUT2D eigenvalue weighted by atomic mass is 16.1. The topological polar surface area (TPSA) is 58.1 Å². The Labute approximate surface area is 154 Å². The number of anilines is 1. The molecule has 2 heterocycles. The van der Waals surface area contributed by atoms with Crippen LogP contribution in [0.3, 0.4) is 0 Å². The van der Waals surface area contributed by atoms with Crippen molar-refractivity contribution < 1.29 is 4.79 Å². The summed E-state index contributed by atoms with van der Waals surface area (Å²) in [5, 5.41) is 3.21. The fraction of sp³-hybridized carbons (Fsp3) is 0.476. The van der Waals surface area contributed by atoms with Gasteiger partial charge in [0.25, 0.3) is 0 Å². The van der Waals surface area contributed by atoms with E-state index in [9.17, 15) is 4.79 Å². The molecule has 1 amide bonds. The molecule has 1 atom stereocenters. The average molecular weight is 350 g/mol. The summed E-state index contributed by atoms with van der Waals surface area (Å²) >= 11 is 0. The summed E-state index contributed by atoms with van der Waals surface area (Å²) in [6.45, 7) is 1.72. The summed E-state index contributed by atoms with van der Waals surface area (Å²) in [7, 11) is 0. The van der Waals surface area contributed by atoms with Crippen LogP contribution in [0.2, 0.25) is 0 Å². The van der Waals surface area contributed by atoms with Gasteiger partial charge >= 0.3 is 0 Å². The quantitative estimate of drug-likeness (QED) is 0.921. The van der Waals surface area contributed by atoms with Gasteiger partial charge in [0.2, 0.25) is 11.9 Å². The van der Waals surface area contributed by atoms with E-state index < -0.39 is 0 Å². The third-order valence-electron chi connectivity index (χ3n) is 5.40.